The van der Waals surface area contributed by atoms with Gasteiger partial charge in [0.1, 0.15) is 11.6 Å². The molecule has 0 aliphatic rings. The molecule has 0 fully saturated rings. The van der Waals surface area contributed by atoms with Crippen LogP contribution in [-0.2, 0) is 0 Å². The lowest BCUT2D eigenvalue weighted by Gasteiger charge is -2.14. The van der Waals surface area contributed by atoms with Crippen molar-refractivity contribution in [2.24, 2.45) is 0 Å². The van der Waals surface area contributed by atoms with Crippen molar-refractivity contribution in [2.75, 3.05) is 0 Å². The molecule has 20 heavy (non-hydrogen) atoms. The second kappa shape index (κ2) is 5.21. The van der Waals surface area contributed by atoms with Gasteiger partial charge in [0.05, 0.1) is 11.6 Å². The topological polar surface area (TPSA) is 33.0 Å². The fourth-order valence-corrected chi connectivity index (χ4v) is 1.74. The SMILES string of the molecule is N#Cc1ccc(F)cc1-c1ccccc1OC(F)(F)F. The molecule has 0 aliphatic heterocycles. The van der Waals surface area contributed by atoms with Crippen LogP contribution in [0.5, 0.6) is 5.75 Å². The molecule has 0 atom stereocenters. The molecule has 0 saturated carbocycles. The van der Waals surface area contributed by atoms with Crippen LogP contribution >= 0.6 is 0 Å². The summed E-state index contributed by atoms with van der Waals surface area (Å²) in [5.74, 6) is -1.14. The van der Waals surface area contributed by atoms with E-state index < -0.39 is 17.9 Å². The highest BCUT2D eigenvalue weighted by molar-refractivity contribution is 5.75. The summed E-state index contributed by atoms with van der Waals surface area (Å²) in [7, 11) is 0. The first-order chi connectivity index (χ1) is 9.40. The molecule has 0 radical (unpaired) electrons. The molecule has 6 heteroatoms. The third-order valence-electron chi connectivity index (χ3n) is 2.50. The maximum Gasteiger partial charge on any atom is 0.573 e. The lowest BCUT2D eigenvalue weighted by atomic mass is 9.99. The first-order valence-corrected chi connectivity index (χ1v) is 5.45. The summed E-state index contributed by atoms with van der Waals surface area (Å²) in [5, 5.41) is 8.96. The molecule has 2 aromatic carbocycles. The second-order valence-corrected chi connectivity index (χ2v) is 3.85. The molecule has 0 aromatic heterocycles. The Morgan fingerprint density at radius 2 is 1.70 bits per heavy atom. The van der Waals surface area contributed by atoms with Crippen LogP contribution in [0.1, 0.15) is 5.56 Å². The lowest BCUT2D eigenvalue weighted by molar-refractivity contribution is -0.274. The predicted molar refractivity (Wildman–Crippen MR) is 63.2 cm³/mol. The minimum absolute atomic E-state index is 0.000810. The van der Waals surface area contributed by atoms with Gasteiger partial charge in [-0.3, -0.25) is 0 Å². The van der Waals surface area contributed by atoms with Crippen LogP contribution in [0.4, 0.5) is 17.6 Å². The molecular weight excluding hydrogens is 274 g/mol. The molecule has 0 aliphatic carbocycles. The smallest absolute Gasteiger partial charge is 0.405 e. The number of para-hydroxylation sites is 1. The maximum absolute atomic E-state index is 13.3. The third kappa shape index (κ3) is 3.06. The Kier molecular flexibility index (Phi) is 3.61. The highest BCUT2D eigenvalue weighted by Gasteiger charge is 2.32. The van der Waals surface area contributed by atoms with Gasteiger partial charge >= 0.3 is 6.36 Å². The Morgan fingerprint density at radius 3 is 2.35 bits per heavy atom. The van der Waals surface area contributed by atoms with E-state index in [1.807, 2.05) is 6.07 Å². The fraction of sp³-hybridized carbons (Fsp3) is 0.0714. The number of halogens is 4. The normalized spacial score (nSPS) is 10.9. The number of nitrogens with zero attached hydrogens (tertiary/aromatic N) is 1. The van der Waals surface area contributed by atoms with Crippen molar-refractivity contribution in [1.29, 1.82) is 5.26 Å². The quantitative estimate of drug-likeness (QED) is 0.770. The van der Waals surface area contributed by atoms with Gasteiger partial charge in [0.15, 0.2) is 0 Å². The summed E-state index contributed by atoms with van der Waals surface area (Å²) in [6.45, 7) is 0. The van der Waals surface area contributed by atoms with E-state index in [1.54, 1.807) is 0 Å². The van der Waals surface area contributed by atoms with E-state index in [1.165, 1.54) is 24.3 Å². The van der Waals surface area contributed by atoms with E-state index in [2.05, 4.69) is 4.74 Å². The summed E-state index contributed by atoms with van der Waals surface area (Å²) in [6.07, 6.45) is -4.86. The summed E-state index contributed by atoms with van der Waals surface area (Å²) < 4.78 is 54.2. The lowest BCUT2D eigenvalue weighted by Crippen LogP contribution is -2.17. The van der Waals surface area contributed by atoms with Crippen LogP contribution in [0.15, 0.2) is 42.5 Å². The summed E-state index contributed by atoms with van der Waals surface area (Å²) in [6, 6.07) is 10.3. The number of rotatable bonds is 2. The zero-order valence-corrected chi connectivity index (χ0v) is 9.91. The van der Waals surface area contributed by atoms with E-state index >= 15 is 0 Å². The molecule has 0 bridgehead atoms. The van der Waals surface area contributed by atoms with Crippen molar-refractivity contribution < 1.29 is 22.3 Å². The van der Waals surface area contributed by atoms with Gasteiger partial charge in [-0.15, -0.1) is 13.2 Å². The van der Waals surface area contributed by atoms with Gasteiger partial charge in [-0.1, -0.05) is 18.2 Å². The molecule has 0 spiro atoms. The van der Waals surface area contributed by atoms with Gasteiger partial charge < -0.3 is 4.74 Å². The number of nitriles is 1. The first kappa shape index (κ1) is 13.9. The summed E-state index contributed by atoms with van der Waals surface area (Å²) >= 11 is 0. The van der Waals surface area contributed by atoms with Gasteiger partial charge in [0.2, 0.25) is 0 Å². The average molecular weight is 281 g/mol. The Hall–Kier alpha value is -2.55. The number of hydrogen-bond donors (Lipinski definition) is 0. The van der Waals surface area contributed by atoms with Gasteiger partial charge in [-0.2, -0.15) is 5.26 Å². The summed E-state index contributed by atoms with van der Waals surface area (Å²) in [5.41, 5.74) is 0.109. The number of hydrogen-bond acceptors (Lipinski definition) is 2. The molecule has 0 heterocycles. The standard InChI is InChI=1S/C14H7F4NO/c15-10-6-5-9(8-19)12(7-10)11-3-1-2-4-13(11)20-14(16,17)18/h1-7H. The molecular formula is C14H7F4NO. The molecule has 0 saturated heterocycles. The average Bonchev–Trinajstić information content (AvgIpc) is 2.37. The van der Waals surface area contributed by atoms with Crippen molar-refractivity contribution >= 4 is 0 Å². The number of ether oxygens (including phenoxy) is 1. The summed E-state index contributed by atoms with van der Waals surface area (Å²) in [4.78, 5) is 0. The van der Waals surface area contributed by atoms with Crippen molar-refractivity contribution in [3.05, 3.63) is 53.8 Å². The van der Waals surface area contributed by atoms with Gasteiger partial charge in [-0.25, -0.2) is 4.39 Å². The fourth-order valence-electron chi connectivity index (χ4n) is 1.74. The Bertz CT molecular complexity index is 674. The highest BCUT2D eigenvalue weighted by atomic mass is 19.4. The largest absolute Gasteiger partial charge is 0.573 e. The zero-order valence-electron chi connectivity index (χ0n) is 9.91. The molecule has 2 aromatic rings. The van der Waals surface area contributed by atoms with Crippen molar-refractivity contribution in [2.45, 2.75) is 6.36 Å². The van der Waals surface area contributed by atoms with E-state index in [4.69, 9.17) is 5.26 Å². The van der Waals surface area contributed by atoms with Gasteiger partial charge in [0, 0.05) is 11.1 Å². The van der Waals surface area contributed by atoms with E-state index in [9.17, 15) is 17.6 Å². The van der Waals surface area contributed by atoms with Crippen LogP contribution in [0.3, 0.4) is 0 Å². The van der Waals surface area contributed by atoms with Crippen LogP contribution in [0, 0.1) is 17.1 Å². The minimum Gasteiger partial charge on any atom is -0.405 e. The Balaban J connectivity index is 2.59. The van der Waals surface area contributed by atoms with E-state index in [0.717, 1.165) is 18.2 Å². The molecule has 0 amide bonds. The molecule has 0 N–H and O–H groups in total. The number of benzene rings is 2. The first-order valence-electron chi connectivity index (χ1n) is 5.45. The zero-order chi connectivity index (χ0) is 14.8. The Morgan fingerprint density at radius 1 is 1.00 bits per heavy atom. The minimum atomic E-state index is -4.86. The Labute approximate surface area is 111 Å². The monoisotopic (exact) mass is 281 g/mol. The van der Waals surface area contributed by atoms with Crippen LogP contribution in [0.25, 0.3) is 11.1 Å². The molecule has 102 valence electrons. The second-order valence-electron chi connectivity index (χ2n) is 3.85. The van der Waals surface area contributed by atoms with E-state index in [-0.39, 0.29) is 16.7 Å². The molecule has 0 unspecified atom stereocenters. The maximum atomic E-state index is 13.3. The third-order valence-corrected chi connectivity index (χ3v) is 2.50. The van der Waals surface area contributed by atoms with Gasteiger partial charge in [0.25, 0.3) is 0 Å². The van der Waals surface area contributed by atoms with Crippen molar-refractivity contribution in [3.8, 4) is 22.9 Å². The van der Waals surface area contributed by atoms with E-state index in [0.29, 0.717) is 0 Å². The number of alkyl halides is 3. The predicted octanol–water partition coefficient (Wildman–Crippen LogP) is 4.26. The van der Waals surface area contributed by atoms with Crippen LogP contribution < -0.4 is 4.74 Å². The van der Waals surface area contributed by atoms with Crippen molar-refractivity contribution in [1.82, 2.24) is 0 Å². The molecule has 2 nitrogen and oxygen atoms in total. The highest BCUT2D eigenvalue weighted by Crippen LogP contribution is 2.35. The van der Waals surface area contributed by atoms with Crippen molar-refractivity contribution in [3.63, 3.8) is 0 Å². The van der Waals surface area contributed by atoms with Crippen LogP contribution in [-0.4, -0.2) is 6.36 Å². The molecule has 2 rings (SSSR count). The van der Waals surface area contributed by atoms with Crippen LogP contribution in [0.2, 0.25) is 0 Å². The van der Waals surface area contributed by atoms with Gasteiger partial charge in [-0.05, 0) is 24.3 Å².